The fraction of sp³-hybridized carbons (Fsp3) is 0.125. The molecule has 0 fully saturated rings. The average molecular weight is 343 g/mol. The van der Waals surface area contributed by atoms with Crippen molar-refractivity contribution in [2.45, 2.75) is 6.42 Å². The molecule has 9 heteroatoms. The van der Waals surface area contributed by atoms with Crippen LogP contribution >= 0.6 is 0 Å². The molecular formula is C16H13N3O6. The first-order valence-corrected chi connectivity index (χ1v) is 7.31. The molecule has 128 valence electrons. The monoisotopic (exact) mass is 343 g/mol. The largest absolute Gasteiger partial charge is 0.461 e. The molecule has 0 atom stereocenters. The number of nitrogens with one attached hydrogen (secondary N) is 1. The van der Waals surface area contributed by atoms with Crippen LogP contribution in [0.15, 0.2) is 57.7 Å². The number of hydrogen-bond donors (Lipinski definition) is 1. The summed E-state index contributed by atoms with van der Waals surface area (Å²) in [6.07, 6.45) is 1.31. The molecule has 3 rings (SSSR count). The molecule has 25 heavy (non-hydrogen) atoms. The summed E-state index contributed by atoms with van der Waals surface area (Å²) < 4.78 is 15.1. The maximum atomic E-state index is 11.7. The Bertz CT molecular complexity index is 854. The van der Waals surface area contributed by atoms with Crippen LogP contribution < -0.4 is 10.1 Å². The van der Waals surface area contributed by atoms with E-state index < -0.39 is 11.0 Å². The van der Waals surface area contributed by atoms with Crippen LogP contribution in [0, 0.1) is 10.1 Å². The first-order valence-electron chi connectivity index (χ1n) is 7.31. The Balaban J connectivity index is 1.46. The van der Waals surface area contributed by atoms with Gasteiger partial charge in [-0.3, -0.25) is 10.1 Å². The molecule has 0 bridgehead atoms. The highest BCUT2D eigenvalue weighted by molar-refractivity contribution is 5.70. The Hall–Kier alpha value is -3.62. The summed E-state index contributed by atoms with van der Waals surface area (Å²) in [5, 5.41) is 16.8. The van der Waals surface area contributed by atoms with Crippen LogP contribution in [0.4, 0.5) is 10.5 Å². The van der Waals surface area contributed by atoms with E-state index in [1.807, 2.05) is 0 Å². The molecule has 2 aromatic heterocycles. The lowest BCUT2D eigenvalue weighted by Crippen LogP contribution is -2.28. The first-order chi connectivity index (χ1) is 12.1. The number of aromatic nitrogens is 1. The lowest BCUT2D eigenvalue weighted by atomic mass is 10.1. The molecule has 0 radical (unpaired) electrons. The van der Waals surface area contributed by atoms with Gasteiger partial charge in [0, 0.05) is 18.7 Å². The predicted octanol–water partition coefficient (Wildman–Crippen LogP) is 3.17. The molecular weight excluding hydrogens is 330 g/mol. The van der Waals surface area contributed by atoms with Gasteiger partial charge in [-0.15, -0.1) is 0 Å². The van der Waals surface area contributed by atoms with Crippen LogP contribution in [-0.4, -0.2) is 22.7 Å². The lowest BCUT2D eigenvalue weighted by molar-refractivity contribution is -0.384. The minimum absolute atomic E-state index is 0.0132. The zero-order valence-electron chi connectivity index (χ0n) is 12.9. The number of furan rings is 1. The third-order valence-corrected chi connectivity index (χ3v) is 3.28. The number of nitrogens with zero attached hydrogens (tertiary/aromatic N) is 2. The molecule has 2 heterocycles. The summed E-state index contributed by atoms with van der Waals surface area (Å²) in [5.41, 5.74) is 0.877. The molecule has 1 aromatic carbocycles. The van der Waals surface area contributed by atoms with Crippen LogP contribution in [0.5, 0.6) is 5.88 Å². The van der Waals surface area contributed by atoms with E-state index in [4.69, 9.17) is 13.7 Å². The molecule has 0 aliphatic rings. The van der Waals surface area contributed by atoms with E-state index in [2.05, 4.69) is 10.5 Å². The van der Waals surface area contributed by atoms with E-state index in [9.17, 15) is 14.9 Å². The summed E-state index contributed by atoms with van der Waals surface area (Å²) in [6.45, 7) is 0.305. The molecule has 0 aliphatic carbocycles. The molecule has 0 aliphatic heterocycles. The Morgan fingerprint density at radius 3 is 2.72 bits per heavy atom. The van der Waals surface area contributed by atoms with Gasteiger partial charge in [0.25, 0.3) is 11.6 Å². The van der Waals surface area contributed by atoms with Crippen LogP contribution in [0.1, 0.15) is 5.56 Å². The number of amides is 1. The predicted molar refractivity (Wildman–Crippen MR) is 85.0 cm³/mol. The van der Waals surface area contributed by atoms with Gasteiger partial charge >= 0.3 is 6.09 Å². The maximum Gasteiger partial charge on any atom is 0.414 e. The van der Waals surface area contributed by atoms with Crippen molar-refractivity contribution in [3.8, 4) is 17.4 Å². The summed E-state index contributed by atoms with van der Waals surface area (Å²) in [7, 11) is 0. The number of rotatable bonds is 6. The van der Waals surface area contributed by atoms with E-state index in [0.29, 0.717) is 24.5 Å². The van der Waals surface area contributed by atoms with Crippen molar-refractivity contribution in [1.82, 2.24) is 10.5 Å². The third-order valence-electron chi connectivity index (χ3n) is 3.28. The summed E-state index contributed by atoms with van der Waals surface area (Å²) in [5.74, 6) is 0.832. The number of carbonyl (C=O) groups excluding carboxylic acids is 1. The first kappa shape index (κ1) is 16.2. The smallest absolute Gasteiger partial charge is 0.414 e. The van der Waals surface area contributed by atoms with Gasteiger partial charge < -0.3 is 19.0 Å². The maximum absolute atomic E-state index is 11.7. The Labute approximate surface area is 141 Å². The molecule has 0 saturated carbocycles. The summed E-state index contributed by atoms with van der Waals surface area (Å²) in [4.78, 5) is 21.8. The second kappa shape index (κ2) is 7.30. The van der Waals surface area contributed by atoms with Crippen LogP contribution in [0.2, 0.25) is 0 Å². The van der Waals surface area contributed by atoms with E-state index in [0.717, 1.165) is 5.56 Å². The van der Waals surface area contributed by atoms with Crippen molar-refractivity contribution in [1.29, 1.82) is 0 Å². The Morgan fingerprint density at radius 2 is 2.04 bits per heavy atom. The molecule has 1 amide bonds. The van der Waals surface area contributed by atoms with Gasteiger partial charge in [-0.25, -0.2) is 4.79 Å². The standard InChI is InChI=1S/C16H13N3O6/c20-16(17-8-7-11-3-5-12(6-4-11)19(21)22)24-15-10-14(25-18-15)13-2-1-9-23-13/h1-6,9-10H,7-8H2,(H,17,20). The number of benzene rings is 1. The normalized spacial score (nSPS) is 10.4. The van der Waals surface area contributed by atoms with E-state index in [-0.39, 0.29) is 11.6 Å². The second-order valence-corrected chi connectivity index (χ2v) is 5.00. The highest BCUT2D eigenvalue weighted by Crippen LogP contribution is 2.23. The van der Waals surface area contributed by atoms with E-state index >= 15 is 0 Å². The van der Waals surface area contributed by atoms with Crippen LogP contribution in [0.25, 0.3) is 11.5 Å². The van der Waals surface area contributed by atoms with Crippen molar-refractivity contribution in [2.75, 3.05) is 6.54 Å². The zero-order valence-corrected chi connectivity index (χ0v) is 12.9. The number of ether oxygens (including phenoxy) is 1. The van der Waals surface area contributed by atoms with Gasteiger partial charge in [0.2, 0.25) is 5.76 Å². The minimum Gasteiger partial charge on any atom is -0.461 e. The fourth-order valence-corrected chi connectivity index (χ4v) is 2.07. The quantitative estimate of drug-likeness (QED) is 0.539. The van der Waals surface area contributed by atoms with Crippen molar-refractivity contribution in [3.05, 3.63) is 64.4 Å². The van der Waals surface area contributed by atoms with Gasteiger partial charge in [0.1, 0.15) is 0 Å². The summed E-state index contributed by atoms with van der Waals surface area (Å²) >= 11 is 0. The van der Waals surface area contributed by atoms with E-state index in [1.54, 1.807) is 24.3 Å². The molecule has 3 aromatic rings. The molecule has 1 N–H and O–H groups in total. The number of nitro benzene ring substituents is 1. The SMILES string of the molecule is O=C(NCCc1ccc([N+](=O)[O-])cc1)Oc1cc(-c2ccco2)on1. The molecule has 9 nitrogen and oxygen atoms in total. The highest BCUT2D eigenvalue weighted by Gasteiger charge is 2.13. The van der Waals surface area contributed by atoms with Gasteiger partial charge in [0.05, 0.1) is 17.3 Å². The van der Waals surface area contributed by atoms with Crippen molar-refractivity contribution in [2.24, 2.45) is 0 Å². The van der Waals surface area contributed by atoms with Gasteiger partial charge in [0.15, 0.2) is 5.76 Å². The average Bonchev–Trinajstić information content (AvgIpc) is 3.26. The molecule has 0 saturated heterocycles. The Kier molecular flexibility index (Phi) is 4.74. The van der Waals surface area contributed by atoms with Gasteiger partial charge in [-0.1, -0.05) is 12.1 Å². The lowest BCUT2D eigenvalue weighted by Gasteiger charge is -2.04. The highest BCUT2D eigenvalue weighted by atomic mass is 16.6. The topological polar surface area (TPSA) is 121 Å². The van der Waals surface area contributed by atoms with Crippen molar-refractivity contribution in [3.63, 3.8) is 0 Å². The number of nitro groups is 1. The zero-order chi connectivity index (χ0) is 17.6. The summed E-state index contributed by atoms with van der Waals surface area (Å²) in [6, 6.07) is 10.9. The van der Waals surface area contributed by atoms with Gasteiger partial charge in [-0.05, 0) is 29.3 Å². The molecule has 0 spiro atoms. The van der Waals surface area contributed by atoms with Crippen molar-refractivity contribution >= 4 is 11.8 Å². The van der Waals surface area contributed by atoms with E-state index in [1.165, 1.54) is 24.5 Å². The van der Waals surface area contributed by atoms with Crippen molar-refractivity contribution < 1.29 is 23.4 Å². The second-order valence-electron chi connectivity index (χ2n) is 5.00. The third kappa shape index (κ3) is 4.22. The Morgan fingerprint density at radius 1 is 1.24 bits per heavy atom. The minimum atomic E-state index is -0.679. The number of carbonyl (C=O) groups is 1. The fourth-order valence-electron chi connectivity index (χ4n) is 2.07. The van der Waals surface area contributed by atoms with Crippen LogP contribution in [0.3, 0.4) is 0 Å². The molecule has 0 unspecified atom stereocenters. The van der Waals surface area contributed by atoms with Gasteiger partial charge in [-0.2, -0.15) is 0 Å². The van der Waals surface area contributed by atoms with Crippen LogP contribution in [-0.2, 0) is 6.42 Å². The number of non-ortho nitro benzene ring substituents is 1. The number of hydrogen-bond acceptors (Lipinski definition) is 7.